The molecule has 0 bridgehead atoms. The van der Waals surface area contributed by atoms with Crippen LogP contribution in [0.4, 0.5) is 0 Å². The summed E-state index contributed by atoms with van der Waals surface area (Å²) < 4.78 is 0. The highest BCUT2D eigenvalue weighted by Gasteiger charge is 2.47. The minimum atomic E-state index is -1.10. The van der Waals surface area contributed by atoms with Gasteiger partial charge in [0.15, 0.2) is 0 Å². The largest absolute Gasteiger partial charge is 0.508 e. The second-order valence-corrected chi connectivity index (χ2v) is 16.8. The second kappa shape index (κ2) is 18.2. The van der Waals surface area contributed by atoms with E-state index in [-0.39, 0.29) is 43.5 Å². The van der Waals surface area contributed by atoms with Gasteiger partial charge in [0.05, 0.1) is 0 Å². The van der Waals surface area contributed by atoms with Crippen LogP contribution in [0, 0.1) is 5.92 Å². The van der Waals surface area contributed by atoms with Crippen LogP contribution in [0.25, 0.3) is 0 Å². The first kappa shape index (κ1) is 41.7. The smallest absolute Gasteiger partial charge is 0.246 e. The number of hydrogen-bond acceptors (Lipinski definition) is 8. The standard InChI is InChI=1S/C44H57N7O8/c1-3-27(2)37-44(59)50-23-9-14-34(50)39(54)46-32(26-29-17-19-30(52)20-18-29)42(57)51-24-10-16-36(51)43(58)49-22-8-13-33(49)38(53)45-31(25-28-11-5-4-6-12-28)41(56)48-21-7-15-35(48)40(55)47-37/h4-6,11-12,17-20,27,31-37,52H,3,7-10,13-16,21-26H2,1-2H3,(H,45,53)(H,46,54)(H,47,55)/t27-,31-,32?,33-,34-,35-,36-,37-/m0/s1. The van der Waals surface area contributed by atoms with Crippen molar-refractivity contribution in [2.45, 2.75) is 127 Å². The summed E-state index contributed by atoms with van der Waals surface area (Å²) in [5.74, 6) is -3.37. The summed E-state index contributed by atoms with van der Waals surface area (Å²) in [7, 11) is 0. The number of hydrogen-bond donors (Lipinski definition) is 4. The zero-order chi connectivity index (χ0) is 41.8. The number of rotatable bonds is 6. The Kier molecular flexibility index (Phi) is 12.9. The van der Waals surface area contributed by atoms with Gasteiger partial charge in [-0.25, -0.2) is 0 Å². The van der Waals surface area contributed by atoms with E-state index in [1.807, 2.05) is 44.2 Å². The molecule has 7 amide bonds. The lowest BCUT2D eigenvalue weighted by molar-refractivity contribution is -0.148. The fourth-order valence-electron chi connectivity index (χ4n) is 9.55. The molecule has 2 aromatic rings. The summed E-state index contributed by atoms with van der Waals surface area (Å²) in [5.41, 5.74) is 1.48. The monoisotopic (exact) mass is 811 g/mol. The van der Waals surface area contributed by atoms with Gasteiger partial charge in [-0.2, -0.15) is 0 Å². The van der Waals surface area contributed by atoms with Gasteiger partial charge in [0.2, 0.25) is 41.4 Å². The molecule has 15 nitrogen and oxygen atoms in total. The highest BCUT2D eigenvalue weighted by atomic mass is 16.3. The predicted octanol–water partition coefficient (Wildman–Crippen LogP) is 1.66. The molecule has 0 radical (unpaired) electrons. The van der Waals surface area contributed by atoms with Crippen molar-refractivity contribution in [3.8, 4) is 5.75 Å². The van der Waals surface area contributed by atoms with Gasteiger partial charge < -0.3 is 40.7 Å². The Hall–Kier alpha value is -5.47. The van der Waals surface area contributed by atoms with Gasteiger partial charge >= 0.3 is 0 Å². The van der Waals surface area contributed by atoms with E-state index in [2.05, 4.69) is 16.0 Å². The molecule has 5 saturated heterocycles. The Morgan fingerprint density at radius 1 is 0.542 bits per heavy atom. The third kappa shape index (κ3) is 8.93. The number of phenolic OH excluding ortho intramolecular Hbond substituents is 1. The molecule has 0 aromatic heterocycles. The number of nitrogens with one attached hydrogen (secondary N) is 3. The number of amides is 7. The molecule has 7 rings (SSSR count). The van der Waals surface area contributed by atoms with E-state index in [0.717, 1.165) is 5.56 Å². The van der Waals surface area contributed by atoms with Gasteiger partial charge in [0.1, 0.15) is 48.0 Å². The number of carbonyl (C=O) groups is 7. The zero-order valence-corrected chi connectivity index (χ0v) is 34.0. The number of phenols is 1. The van der Waals surface area contributed by atoms with Crippen molar-refractivity contribution >= 4 is 41.4 Å². The third-order valence-corrected chi connectivity index (χ3v) is 13.0. The molecule has 15 heteroatoms. The van der Waals surface area contributed by atoms with Crippen LogP contribution in [0.5, 0.6) is 5.75 Å². The van der Waals surface area contributed by atoms with Crippen LogP contribution in [0.3, 0.4) is 0 Å². The molecule has 0 saturated carbocycles. The van der Waals surface area contributed by atoms with Gasteiger partial charge in [-0.05, 0) is 80.5 Å². The van der Waals surface area contributed by atoms with Crippen LogP contribution < -0.4 is 16.0 Å². The van der Waals surface area contributed by atoms with E-state index >= 15 is 0 Å². The summed E-state index contributed by atoms with van der Waals surface area (Å²) in [6.45, 7) is 4.94. The highest BCUT2D eigenvalue weighted by Crippen LogP contribution is 2.29. The average Bonchev–Trinajstić information content (AvgIpc) is 4.09. The molecule has 5 aliphatic heterocycles. The SMILES string of the molecule is CC[C@H](C)[C@@H]1NC(=O)[C@@H]2CCCN2C(=O)[C@H](Cc2ccccc2)NC(=O)[C@@H]2CCCN2C(=O)[C@@H]2CCCN2C(=O)C(Cc2ccc(O)cc2)NC(=O)[C@@H]2CCCN2C1=O. The quantitative estimate of drug-likeness (QED) is 0.339. The van der Waals surface area contributed by atoms with Crippen molar-refractivity contribution in [3.63, 3.8) is 0 Å². The predicted molar refractivity (Wildman–Crippen MR) is 216 cm³/mol. The Morgan fingerprint density at radius 3 is 1.44 bits per heavy atom. The highest BCUT2D eigenvalue weighted by molar-refractivity contribution is 5.99. The Bertz CT molecular complexity index is 1910. The molecule has 5 aliphatic rings. The van der Waals surface area contributed by atoms with Gasteiger partial charge in [0.25, 0.3) is 0 Å². The molecule has 5 heterocycles. The minimum Gasteiger partial charge on any atom is -0.508 e. The molecular weight excluding hydrogens is 755 g/mol. The molecule has 0 aliphatic carbocycles. The van der Waals surface area contributed by atoms with Gasteiger partial charge in [-0.3, -0.25) is 33.6 Å². The van der Waals surface area contributed by atoms with Crippen molar-refractivity contribution in [1.29, 1.82) is 0 Å². The molecule has 59 heavy (non-hydrogen) atoms. The van der Waals surface area contributed by atoms with Gasteiger partial charge in [-0.15, -0.1) is 0 Å². The van der Waals surface area contributed by atoms with E-state index < -0.39 is 77.7 Å². The van der Waals surface area contributed by atoms with Crippen LogP contribution in [0.2, 0.25) is 0 Å². The molecule has 8 atom stereocenters. The Balaban J connectivity index is 1.26. The molecule has 0 spiro atoms. The number of fused-ring (bicyclic) bond motifs is 4. The van der Waals surface area contributed by atoms with E-state index in [1.165, 1.54) is 31.7 Å². The van der Waals surface area contributed by atoms with Crippen LogP contribution in [-0.4, -0.2) is 135 Å². The maximum absolute atomic E-state index is 14.6. The van der Waals surface area contributed by atoms with Crippen molar-refractivity contribution in [1.82, 2.24) is 35.6 Å². The third-order valence-electron chi connectivity index (χ3n) is 13.0. The molecule has 4 N–H and O–H groups in total. The lowest BCUT2D eigenvalue weighted by Gasteiger charge is -2.34. The summed E-state index contributed by atoms with van der Waals surface area (Å²) in [6.07, 6.45) is 4.47. The van der Waals surface area contributed by atoms with Gasteiger partial charge in [0, 0.05) is 39.0 Å². The Labute approximate surface area is 345 Å². The minimum absolute atomic E-state index is 0.0462. The topological polar surface area (TPSA) is 189 Å². The molecule has 2 aromatic carbocycles. The normalized spacial score (nSPS) is 29.3. The first-order chi connectivity index (χ1) is 28.4. The average molecular weight is 812 g/mol. The number of nitrogens with zero attached hydrogens (tertiary/aromatic N) is 4. The van der Waals surface area contributed by atoms with Gasteiger partial charge in [-0.1, -0.05) is 62.7 Å². The first-order valence-electron chi connectivity index (χ1n) is 21.4. The van der Waals surface area contributed by atoms with E-state index in [4.69, 9.17) is 0 Å². The number of aromatic hydroxyl groups is 1. The van der Waals surface area contributed by atoms with Crippen LogP contribution in [0.15, 0.2) is 54.6 Å². The number of carbonyl (C=O) groups excluding carboxylic acids is 7. The van der Waals surface area contributed by atoms with Crippen molar-refractivity contribution in [2.75, 3.05) is 26.2 Å². The summed E-state index contributed by atoms with van der Waals surface area (Å²) in [5, 5.41) is 18.9. The summed E-state index contributed by atoms with van der Waals surface area (Å²) >= 11 is 0. The Morgan fingerprint density at radius 2 is 0.949 bits per heavy atom. The zero-order valence-electron chi connectivity index (χ0n) is 34.0. The van der Waals surface area contributed by atoms with Crippen molar-refractivity contribution < 1.29 is 38.7 Å². The second-order valence-electron chi connectivity index (χ2n) is 16.8. The molecule has 316 valence electrons. The lowest BCUT2D eigenvalue weighted by atomic mass is 9.96. The van der Waals surface area contributed by atoms with Crippen molar-refractivity contribution in [3.05, 3.63) is 65.7 Å². The van der Waals surface area contributed by atoms with Crippen LogP contribution in [0.1, 0.15) is 82.8 Å². The maximum Gasteiger partial charge on any atom is 0.246 e. The fourth-order valence-corrected chi connectivity index (χ4v) is 9.55. The molecule has 1 unspecified atom stereocenters. The van der Waals surface area contributed by atoms with Crippen LogP contribution in [-0.2, 0) is 46.4 Å². The maximum atomic E-state index is 14.6. The lowest BCUT2D eigenvalue weighted by Crippen LogP contribution is -2.60. The first-order valence-corrected chi connectivity index (χ1v) is 21.4. The van der Waals surface area contributed by atoms with E-state index in [9.17, 15) is 38.7 Å². The summed E-state index contributed by atoms with van der Waals surface area (Å²) in [6, 6.07) is 8.98. The molecule has 5 fully saturated rings. The van der Waals surface area contributed by atoms with E-state index in [1.54, 1.807) is 12.1 Å². The fraction of sp³-hybridized carbons (Fsp3) is 0.568. The van der Waals surface area contributed by atoms with Crippen molar-refractivity contribution in [2.24, 2.45) is 5.92 Å². The number of benzene rings is 2. The van der Waals surface area contributed by atoms with Crippen LogP contribution >= 0.6 is 0 Å². The van der Waals surface area contributed by atoms with E-state index in [0.29, 0.717) is 76.4 Å². The summed E-state index contributed by atoms with van der Waals surface area (Å²) in [4.78, 5) is 107. The molecular formula is C44H57N7O8.